The zero-order valence-electron chi connectivity index (χ0n) is 36.6. The molecule has 1 amide bonds. The largest absolute Gasteiger partial charge is 0.481 e. The van der Waals surface area contributed by atoms with Crippen molar-refractivity contribution in [3.63, 3.8) is 0 Å². The van der Waals surface area contributed by atoms with Crippen molar-refractivity contribution in [2.24, 2.45) is 79.3 Å². The third-order valence-electron chi connectivity index (χ3n) is 20.4. The molecule has 1 saturated heterocycles. The molecule has 55 heavy (non-hydrogen) atoms. The van der Waals surface area contributed by atoms with Crippen LogP contribution in [0, 0.1) is 79.3 Å². The Balaban J connectivity index is 1.03. The molecule has 0 aromatic carbocycles. The number of carbonyl (C=O) groups is 3. The Hall–Kier alpha value is -1.63. The van der Waals surface area contributed by atoms with Gasteiger partial charge in [0.25, 0.3) is 0 Å². The fraction of sp³-hybridized carbons (Fsp3) is 0.938. The van der Waals surface area contributed by atoms with Crippen molar-refractivity contribution in [1.82, 2.24) is 10.2 Å². The van der Waals surface area contributed by atoms with Crippen molar-refractivity contribution in [3.05, 3.63) is 0 Å². The van der Waals surface area contributed by atoms with E-state index in [-0.39, 0.29) is 50.6 Å². The number of piperidine rings is 1. The van der Waals surface area contributed by atoms with Crippen LogP contribution in [0.25, 0.3) is 0 Å². The van der Waals surface area contributed by atoms with Crippen molar-refractivity contribution >= 4 is 17.8 Å². The second-order valence-electron chi connectivity index (χ2n) is 24.1. The highest BCUT2D eigenvalue weighted by Crippen LogP contribution is 2.79. The van der Waals surface area contributed by atoms with Gasteiger partial charge in [-0.25, -0.2) is 0 Å². The van der Waals surface area contributed by atoms with E-state index in [9.17, 15) is 14.7 Å². The lowest BCUT2D eigenvalue weighted by atomic mass is 9.32. The predicted molar refractivity (Wildman–Crippen MR) is 217 cm³/mol. The molecule has 2 N–H and O–H groups in total. The van der Waals surface area contributed by atoms with Crippen molar-refractivity contribution in [2.75, 3.05) is 19.6 Å². The number of carboxylic acid groups (broad SMARTS) is 1. The summed E-state index contributed by atoms with van der Waals surface area (Å²) in [7, 11) is 0. The zero-order chi connectivity index (χ0) is 39.8. The summed E-state index contributed by atoms with van der Waals surface area (Å²) in [5.41, 5.74) is -0.240. The molecule has 310 valence electrons. The van der Waals surface area contributed by atoms with Crippen LogP contribution < -0.4 is 5.32 Å². The first-order chi connectivity index (χ1) is 25.6. The molecule has 7 nitrogen and oxygen atoms in total. The minimum atomic E-state index is -0.805. The van der Waals surface area contributed by atoms with Gasteiger partial charge in [-0.3, -0.25) is 14.4 Å². The Morgan fingerprint density at radius 1 is 0.709 bits per heavy atom. The van der Waals surface area contributed by atoms with E-state index in [2.05, 4.69) is 65.6 Å². The van der Waals surface area contributed by atoms with Crippen LogP contribution in [0.2, 0.25) is 0 Å². The number of rotatable bonds is 8. The molecular formula is C48H78N2O5. The monoisotopic (exact) mass is 763 g/mol. The van der Waals surface area contributed by atoms with Crippen LogP contribution in [-0.2, 0) is 19.1 Å². The van der Waals surface area contributed by atoms with Gasteiger partial charge in [0.1, 0.15) is 6.10 Å². The summed E-state index contributed by atoms with van der Waals surface area (Å²) in [6.45, 7) is 27.0. The summed E-state index contributed by atoms with van der Waals surface area (Å²) in [6, 6.07) is 0. The number of carbonyl (C=O) groups excluding carboxylic acids is 2. The quantitative estimate of drug-likeness (QED) is 0.239. The Labute approximate surface area is 334 Å². The molecule has 1 aliphatic heterocycles. The Kier molecular flexibility index (Phi) is 9.44. The van der Waals surface area contributed by atoms with Crippen molar-refractivity contribution in [1.29, 1.82) is 0 Å². The minimum Gasteiger partial charge on any atom is -0.481 e. The highest BCUT2D eigenvalue weighted by atomic mass is 16.5. The van der Waals surface area contributed by atoms with E-state index in [1.807, 2.05) is 13.8 Å². The normalized spacial score (nSPS) is 46.8. The first-order valence-electron chi connectivity index (χ1n) is 23.0. The lowest BCUT2D eigenvalue weighted by Crippen LogP contribution is -2.68. The van der Waals surface area contributed by atoms with Crippen LogP contribution in [0.15, 0.2) is 0 Å². The van der Waals surface area contributed by atoms with Gasteiger partial charge < -0.3 is 20.1 Å². The van der Waals surface area contributed by atoms with Gasteiger partial charge >= 0.3 is 11.9 Å². The summed E-state index contributed by atoms with van der Waals surface area (Å²) in [6.07, 6.45) is 18.1. The molecule has 0 spiro atoms. The van der Waals surface area contributed by atoms with Gasteiger partial charge in [-0.05, 0) is 180 Å². The topological polar surface area (TPSA) is 95.9 Å². The molecule has 7 aliphatic carbocycles. The van der Waals surface area contributed by atoms with E-state index in [1.165, 1.54) is 57.8 Å². The average Bonchev–Trinajstić information content (AvgIpc) is 3.70. The van der Waals surface area contributed by atoms with Crippen LogP contribution in [0.4, 0.5) is 0 Å². The molecule has 1 heterocycles. The van der Waals surface area contributed by atoms with Gasteiger partial charge in [0.15, 0.2) is 0 Å². The average molecular weight is 763 g/mol. The summed E-state index contributed by atoms with van der Waals surface area (Å²) in [4.78, 5) is 43.1. The molecular weight excluding hydrogens is 685 g/mol. The van der Waals surface area contributed by atoms with Gasteiger partial charge in [0.2, 0.25) is 5.91 Å². The summed E-state index contributed by atoms with van der Waals surface area (Å²) < 4.78 is 6.47. The van der Waals surface area contributed by atoms with Crippen molar-refractivity contribution in [2.45, 2.75) is 184 Å². The summed E-state index contributed by atoms with van der Waals surface area (Å²) in [5.74, 6) is 1.34. The number of nitrogens with zero attached hydrogens (tertiary/aromatic N) is 1. The SMILES string of the molecule is CC(C)(CN1CCCCC1)NC(=O)[C@]12CC[C@@H](C3(C)CC3)[C@@H]1[C@H]1CC[C@@H]3[C@@]4(C)CC[C@H](OC(=O)[C@H]5C[C@@H](C(=O)O)C5(C)C)C(C)(C)[C@@H]4CC[C@@]3(C)[C@]1(C)CC2. The first-order valence-corrected chi connectivity index (χ1v) is 23.0. The highest BCUT2D eigenvalue weighted by molar-refractivity contribution is 5.84. The lowest BCUT2D eigenvalue weighted by Gasteiger charge is -2.73. The molecule has 0 unspecified atom stereocenters. The van der Waals surface area contributed by atoms with Gasteiger partial charge in [-0.15, -0.1) is 0 Å². The van der Waals surface area contributed by atoms with Gasteiger partial charge in [-0.1, -0.05) is 61.8 Å². The molecule has 8 aliphatic rings. The third kappa shape index (κ3) is 5.88. The van der Waals surface area contributed by atoms with Crippen LogP contribution in [0.1, 0.15) is 172 Å². The zero-order valence-corrected chi connectivity index (χ0v) is 36.6. The standard InChI is InChI=1S/C48H78N2O5/c1-41(2,29-50-26-12-11-13-27-50)49-40(54)48-21-16-30(44(7)22-23-44)37(48)31-14-15-35-45(8)19-18-36(55-39(53)33-28-32(38(51)52)42(33,3)4)43(5,6)34(45)17-20-47(35,10)46(31,9)24-25-48/h30-37H,11-29H2,1-10H3,(H,49,54)(H,51,52)/t30-,31-,32+,33-,34+,35-,36+,37-,45+,46-,47-,48+/m1/s1. The number of esters is 1. The number of amides is 1. The third-order valence-corrected chi connectivity index (χ3v) is 20.4. The van der Waals surface area contributed by atoms with Gasteiger partial charge in [-0.2, -0.15) is 0 Å². The van der Waals surface area contributed by atoms with Crippen molar-refractivity contribution < 1.29 is 24.2 Å². The Bertz CT molecular complexity index is 1560. The number of carboxylic acids is 1. The first kappa shape index (κ1) is 40.2. The number of likely N-dealkylation sites (tertiary alicyclic amines) is 1. The highest BCUT2D eigenvalue weighted by Gasteiger charge is 2.74. The predicted octanol–water partition coefficient (Wildman–Crippen LogP) is 9.91. The van der Waals surface area contributed by atoms with Crippen LogP contribution in [0.3, 0.4) is 0 Å². The van der Waals surface area contributed by atoms with Crippen molar-refractivity contribution in [3.8, 4) is 0 Å². The van der Waals surface area contributed by atoms with E-state index in [4.69, 9.17) is 4.74 Å². The molecule has 0 bridgehead atoms. The number of hydrogen-bond acceptors (Lipinski definition) is 5. The molecule has 8 rings (SSSR count). The van der Waals surface area contributed by atoms with E-state index in [0.29, 0.717) is 47.3 Å². The van der Waals surface area contributed by atoms with Crippen LogP contribution in [0.5, 0.6) is 0 Å². The number of ether oxygens (including phenoxy) is 1. The molecule has 12 atom stereocenters. The number of aliphatic carboxylic acids is 1. The fourth-order valence-corrected chi connectivity index (χ4v) is 16.6. The number of hydrogen-bond donors (Lipinski definition) is 2. The van der Waals surface area contributed by atoms with Gasteiger partial charge in [0.05, 0.1) is 17.3 Å². The van der Waals surface area contributed by atoms with Crippen LogP contribution >= 0.6 is 0 Å². The second kappa shape index (κ2) is 12.9. The minimum absolute atomic E-state index is 0.138. The summed E-state index contributed by atoms with van der Waals surface area (Å²) in [5, 5.41) is 13.4. The van der Waals surface area contributed by atoms with E-state index >= 15 is 4.79 Å². The fourth-order valence-electron chi connectivity index (χ4n) is 16.6. The Morgan fingerprint density at radius 3 is 2.04 bits per heavy atom. The maximum Gasteiger partial charge on any atom is 0.309 e. The summed E-state index contributed by atoms with van der Waals surface area (Å²) >= 11 is 0. The second-order valence-corrected chi connectivity index (χ2v) is 24.1. The lowest BCUT2D eigenvalue weighted by molar-refractivity contribution is -0.252. The van der Waals surface area contributed by atoms with E-state index in [1.54, 1.807) is 0 Å². The molecule has 8 fully saturated rings. The van der Waals surface area contributed by atoms with Gasteiger partial charge in [0, 0.05) is 17.5 Å². The van der Waals surface area contributed by atoms with E-state index < -0.39 is 17.3 Å². The molecule has 7 saturated carbocycles. The number of fused-ring (bicyclic) bond motifs is 7. The number of nitrogens with one attached hydrogen (secondary N) is 1. The van der Waals surface area contributed by atoms with E-state index in [0.717, 1.165) is 58.2 Å². The maximum atomic E-state index is 15.1. The van der Waals surface area contributed by atoms with Crippen LogP contribution in [-0.4, -0.2) is 59.1 Å². The maximum absolute atomic E-state index is 15.1. The molecule has 0 aromatic rings. The molecule has 0 radical (unpaired) electrons. The molecule has 7 heteroatoms. The smallest absolute Gasteiger partial charge is 0.309 e. The molecule has 0 aromatic heterocycles. The Morgan fingerprint density at radius 2 is 1.40 bits per heavy atom.